The Morgan fingerprint density at radius 1 is 1.60 bits per heavy atom. The largest absolute Gasteiger partial charge is 0.478 e. The topological polar surface area (TPSA) is 130 Å². The fourth-order valence-corrected chi connectivity index (χ4v) is 1.38. The zero-order valence-electron chi connectivity index (χ0n) is 9.70. The van der Waals surface area contributed by atoms with E-state index in [4.69, 9.17) is 9.52 Å². The van der Waals surface area contributed by atoms with Crippen LogP contribution >= 0.6 is 0 Å². The van der Waals surface area contributed by atoms with Crippen molar-refractivity contribution < 1.29 is 33.1 Å². The first-order valence-corrected chi connectivity index (χ1v) is 5.21. The third-order valence-electron chi connectivity index (χ3n) is 2.38. The summed E-state index contributed by atoms with van der Waals surface area (Å²) in [6.07, 6.45) is 0.252. The lowest BCUT2D eigenvalue weighted by Crippen LogP contribution is -2.70. The maximum absolute atomic E-state index is 14.1. The van der Waals surface area contributed by atoms with Gasteiger partial charge < -0.3 is 14.4 Å². The molecule has 1 aliphatic heterocycles. The van der Waals surface area contributed by atoms with Crippen LogP contribution < -0.4 is 10.6 Å². The predicted octanol–water partition coefficient (Wildman–Crippen LogP) is -0.412. The highest BCUT2D eigenvalue weighted by molar-refractivity contribution is 6.13. The van der Waals surface area contributed by atoms with E-state index in [1.165, 1.54) is 17.6 Å². The molecule has 0 aromatic carbocycles. The van der Waals surface area contributed by atoms with E-state index < -0.39 is 29.8 Å². The number of furan rings is 1. The summed E-state index contributed by atoms with van der Waals surface area (Å²) in [6, 6.07) is 1.95. The summed E-state index contributed by atoms with van der Waals surface area (Å²) in [5.41, 5.74) is -3.49. The van der Waals surface area contributed by atoms with Crippen molar-refractivity contribution in [1.82, 2.24) is 10.6 Å². The first-order valence-electron chi connectivity index (χ1n) is 5.21. The molecule has 0 spiro atoms. The first-order chi connectivity index (χ1) is 9.44. The van der Waals surface area contributed by atoms with Crippen molar-refractivity contribution in [1.29, 1.82) is 0 Å². The van der Waals surface area contributed by atoms with Crippen molar-refractivity contribution in [2.75, 3.05) is 0 Å². The number of rotatable bonds is 4. The highest BCUT2D eigenvalue weighted by Crippen LogP contribution is 2.21. The van der Waals surface area contributed by atoms with Gasteiger partial charge in [0.25, 0.3) is 12.1 Å². The van der Waals surface area contributed by atoms with Crippen LogP contribution in [0.15, 0.2) is 28.0 Å². The molecule has 2 atom stereocenters. The van der Waals surface area contributed by atoms with E-state index in [1.54, 1.807) is 11.4 Å². The smallest absolute Gasteiger partial charge is 0.357 e. The van der Waals surface area contributed by atoms with Gasteiger partial charge in [-0.15, -0.1) is 0 Å². The number of alkyl halides is 1. The van der Waals surface area contributed by atoms with Crippen LogP contribution in [-0.2, 0) is 14.4 Å². The number of carbonyl (C=O) groups is 3. The van der Waals surface area contributed by atoms with E-state index >= 15 is 0 Å². The second kappa shape index (κ2) is 4.99. The van der Waals surface area contributed by atoms with Crippen LogP contribution in [0.3, 0.4) is 0 Å². The van der Waals surface area contributed by atoms with Gasteiger partial charge in [-0.25, -0.2) is 14.0 Å². The number of nitrogens with zero attached hydrogens (tertiary/aromatic N) is 1. The molecule has 0 saturated carbocycles. The van der Waals surface area contributed by atoms with Gasteiger partial charge in [-0.2, -0.15) is 0 Å². The van der Waals surface area contributed by atoms with E-state index in [1.807, 2.05) is 0 Å². The van der Waals surface area contributed by atoms with Crippen LogP contribution in [0.25, 0.3) is 0 Å². The molecule has 2 rings (SSSR count). The summed E-state index contributed by atoms with van der Waals surface area (Å²) in [4.78, 5) is 37.7. The molecule has 2 heterocycles. The zero-order chi connectivity index (χ0) is 14.8. The molecule has 20 heavy (non-hydrogen) atoms. The molecular formula is C10H8FN3O6. The highest BCUT2D eigenvalue weighted by atomic mass is 19.1. The van der Waals surface area contributed by atoms with Gasteiger partial charge in [-0.3, -0.25) is 15.4 Å². The molecular weight excluding hydrogens is 277 g/mol. The summed E-state index contributed by atoms with van der Waals surface area (Å²) in [6.45, 7) is 0. The fourth-order valence-electron chi connectivity index (χ4n) is 1.38. The standard InChI is InChI=1S/C10H8FN3O6/c11-10(8(16)17)6(15)13-9(18)14-7(10)20-12-4-5-2-1-3-19-5/h1-4,7H,(H,16,17)(H2,13,14,15,18)/b12-4-. The number of carboxylic acid groups (broad SMARTS) is 1. The minimum absolute atomic E-state index is 0.247. The average Bonchev–Trinajstić information content (AvgIpc) is 2.87. The van der Waals surface area contributed by atoms with Crippen molar-refractivity contribution >= 4 is 24.1 Å². The summed E-state index contributed by atoms with van der Waals surface area (Å²) in [5, 5.41) is 15.3. The molecule has 0 bridgehead atoms. The number of carboxylic acids is 1. The molecule has 1 saturated heterocycles. The molecule has 1 aromatic rings. The molecule has 1 aromatic heterocycles. The quantitative estimate of drug-likeness (QED) is 0.391. The Balaban J connectivity index is 2.15. The molecule has 10 heteroatoms. The molecule has 1 fully saturated rings. The van der Waals surface area contributed by atoms with Crippen LogP contribution in [0.2, 0.25) is 0 Å². The van der Waals surface area contributed by atoms with Crippen LogP contribution in [0.1, 0.15) is 5.76 Å². The third kappa shape index (κ3) is 2.30. The molecule has 1 aliphatic rings. The van der Waals surface area contributed by atoms with Crippen molar-refractivity contribution in [3.63, 3.8) is 0 Å². The number of hydrogen-bond acceptors (Lipinski definition) is 6. The highest BCUT2D eigenvalue weighted by Gasteiger charge is 2.60. The second-order valence-corrected chi connectivity index (χ2v) is 3.68. The van der Waals surface area contributed by atoms with E-state index in [9.17, 15) is 18.8 Å². The number of urea groups is 1. The van der Waals surface area contributed by atoms with Gasteiger partial charge in [0.1, 0.15) is 12.0 Å². The maximum Gasteiger partial charge on any atom is 0.357 e. The van der Waals surface area contributed by atoms with Crippen molar-refractivity contribution in [2.24, 2.45) is 5.16 Å². The molecule has 3 amide bonds. The van der Waals surface area contributed by atoms with E-state index in [0.717, 1.165) is 6.21 Å². The van der Waals surface area contributed by atoms with Gasteiger partial charge in [0.05, 0.1) is 6.26 Å². The predicted molar refractivity (Wildman–Crippen MR) is 59.3 cm³/mol. The Labute approximate surface area is 110 Å². The molecule has 3 N–H and O–H groups in total. The molecule has 106 valence electrons. The Morgan fingerprint density at radius 3 is 2.95 bits per heavy atom. The number of aliphatic carboxylic acids is 1. The van der Waals surface area contributed by atoms with Crippen LogP contribution in [0, 0.1) is 0 Å². The number of hydrogen-bond donors (Lipinski definition) is 3. The monoisotopic (exact) mass is 285 g/mol. The van der Waals surface area contributed by atoms with Crippen molar-refractivity contribution in [2.45, 2.75) is 11.9 Å². The summed E-state index contributed by atoms with van der Waals surface area (Å²) in [5.74, 6) is -3.52. The van der Waals surface area contributed by atoms with Gasteiger partial charge in [0, 0.05) is 0 Å². The minimum Gasteiger partial charge on any atom is -0.478 e. The number of halogens is 1. The first kappa shape index (κ1) is 13.5. The Hall–Kier alpha value is -2.91. The van der Waals surface area contributed by atoms with Crippen molar-refractivity contribution in [3.05, 3.63) is 24.2 Å². The summed E-state index contributed by atoms with van der Waals surface area (Å²) < 4.78 is 19.0. The van der Waals surface area contributed by atoms with Crippen LogP contribution in [0.5, 0.6) is 0 Å². The number of amides is 3. The summed E-state index contributed by atoms with van der Waals surface area (Å²) >= 11 is 0. The second-order valence-electron chi connectivity index (χ2n) is 3.68. The lowest BCUT2D eigenvalue weighted by atomic mass is 10.0. The van der Waals surface area contributed by atoms with Crippen LogP contribution in [0.4, 0.5) is 9.18 Å². The normalized spacial score (nSPS) is 26.1. The SMILES string of the molecule is O=C1NC(=O)C(F)(C(=O)O)C(O/N=C\c2ccco2)N1. The number of oxime groups is 1. The van der Waals surface area contributed by atoms with E-state index in [0.29, 0.717) is 0 Å². The Kier molecular flexibility index (Phi) is 3.37. The molecule has 0 radical (unpaired) electrons. The third-order valence-corrected chi connectivity index (χ3v) is 2.38. The van der Waals surface area contributed by atoms with Gasteiger partial charge in [-0.1, -0.05) is 5.16 Å². The number of nitrogens with one attached hydrogen (secondary N) is 2. The van der Waals surface area contributed by atoms with Gasteiger partial charge in [0.15, 0.2) is 0 Å². The van der Waals surface area contributed by atoms with Gasteiger partial charge in [0.2, 0.25) is 0 Å². The van der Waals surface area contributed by atoms with Gasteiger partial charge in [-0.05, 0) is 12.1 Å². The summed E-state index contributed by atoms with van der Waals surface area (Å²) in [7, 11) is 0. The Morgan fingerprint density at radius 2 is 2.35 bits per heavy atom. The van der Waals surface area contributed by atoms with Gasteiger partial charge >= 0.3 is 17.7 Å². The minimum atomic E-state index is -3.49. The van der Waals surface area contributed by atoms with Crippen molar-refractivity contribution in [3.8, 4) is 0 Å². The molecule has 9 nitrogen and oxygen atoms in total. The molecule has 2 unspecified atom stereocenters. The maximum atomic E-state index is 14.1. The van der Waals surface area contributed by atoms with E-state index in [-0.39, 0.29) is 5.76 Å². The number of carbonyl (C=O) groups excluding carboxylic acids is 2. The molecule has 0 aliphatic carbocycles. The average molecular weight is 285 g/mol. The lowest BCUT2D eigenvalue weighted by molar-refractivity contribution is -0.174. The number of imide groups is 1. The van der Waals surface area contributed by atoms with E-state index in [2.05, 4.69) is 9.99 Å². The Bertz CT molecular complexity index is 572. The fraction of sp³-hybridized carbons (Fsp3) is 0.200. The zero-order valence-corrected chi connectivity index (χ0v) is 9.70. The van der Waals surface area contributed by atoms with Crippen LogP contribution in [-0.4, -0.2) is 41.1 Å². The lowest BCUT2D eigenvalue weighted by Gasteiger charge is -2.31.